The summed E-state index contributed by atoms with van der Waals surface area (Å²) in [7, 11) is 0. The van der Waals surface area contributed by atoms with Crippen molar-refractivity contribution in [2.75, 3.05) is 4.90 Å². The molecule has 234 valence electrons. The van der Waals surface area contributed by atoms with E-state index in [9.17, 15) is 0 Å². The maximum atomic E-state index is 6.25. The van der Waals surface area contributed by atoms with Crippen molar-refractivity contribution >= 4 is 103 Å². The second-order valence-corrected chi connectivity index (χ2v) is 13.8. The van der Waals surface area contributed by atoms with Crippen molar-refractivity contribution in [2.45, 2.75) is 0 Å². The molecule has 5 heteroatoms. The number of aromatic nitrogens is 2. The quantitative estimate of drug-likeness (QED) is 0.177. The van der Waals surface area contributed by atoms with Crippen LogP contribution in [0.2, 0.25) is 0 Å². The van der Waals surface area contributed by atoms with Crippen LogP contribution in [0.4, 0.5) is 16.5 Å². The molecule has 4 nitrogen and oxygen atoms in total. The van der Waals surface area contributed by atoms with Crippen LogP contribution in [0, 0.1) is 0 Å². The van der Waals surface area contributed by atoms with Gasteiger partial charge in [-0.25, -0.2) is 4.98 Å². The van der Waals surface area contributed by atoms with Gasteiger partial charge in [0.25, 0.3) is 0 Å². The van der Waals surface area contributed by atoms with Gasteiger partial charge in [-0.3, -0.25) is 4.90 Å². The molecule has 0 aliphatic heterocycles. The summed E-state index contributed by atoms with van der Waals surface area (Å²) >= 11 is 1.75. The first-order chi connectivity index (χ1) is 24.8. The Morgan fingerprint density at radius 2 is 1.16 bits per heavy atom. The first kappa shape index (κ1) is 27.5. The lowest BCUT2D eigenvalue weighted by Gasteiger charge is -2.22. The van der Waals surface area contributed by atoms with E-state index < -0.39 is 0 Å². The topological polar surface area (TPSA) is 34.2 Å². The Kier molecular flexibility index (Phi) is 5.80. The highest BCUT2D eigenvalue weighted by molar-refractivity contribution is 7.23. The van der Waals surface area contributed by atoms with Crippen LogP contribution in [0.5, 0.6) is 0 Å². The Bertz CT molecular complexity index is 3120. The molecule has 0 aliphatic rings. The molecule has 11 rings (SSSR count). The van der Waals surface area contributed by atoms with E-state index in [0.29, 0.717) is 0 Å². The number of thiazole rings is 1. The Balaban J connectivity index is 1.20. The summed E-state index contributed by atoms with van der Waals surface area (Å²) in [4.78, 5) is 7.68. The smallest absolute Gasteiger partial charge is 0.195 e. The Hall–Kier alpha value is -6.43. The number of furan rings is 1. The minimum absolute atomic E-state index is 0.873. The lowest BCUT2D eigenvalue weighted by molar-refractivity contribution is 0.669. The molecule has 0 unspecified atom stereocenters. The molecule has 0 fully saturated rings. The van der Waals surface area contributed by atoms with Gasteiger partial charge in [0.1, 0.15) is 11.2 Å². The second-order valence-electron chi connectivity index (χ2n) is 12.8. The van der Waals surface area contributed by atoms with Crippen LogP contribution in [0.3, 0.4) is 0 Å². The Morgan fingerprint density at radius 1 is 0.500 bits per heavy atom. The van der Waals surface area contributed by atoms with E-state index in [1.54, 1.807) is 11.3 Å². The van der Waals surface area contributed by atoms with Crippen molar-refractivity contribution in [2.24, 2.45) is 0 Å². The van der Waals surface area contributed by atoms with Gasteiger partial charge in [0.2, 0.25) is 0 Å². The summed E-state index contributed by atoms with van der Waals surface area (Å²) in [6.45, 7) is 0. The van der Waals surface area contributed by atoms with E-state index in [2.05, 4.69) is 161 Å². The first-order valence-corrected chi connectivity index (χ1v) is 17.6. The fraction of sp³-hybridized carbons (Fsp3) is 0. The van der Waals surface area contributed by atoms with Gasteiger partial charge in [-0.15, -0.1) is 0 Å². The van der Waals surface area contributed by atoms with Gasteiger partial charge in [-0.1, -0.05) is 108 Å². The monoisotopic (exact) mass is 657 g/mol. The average Bonchev–Trinajstić information content (AvgIpc) is 3.87. The van der Waals surface area contributed by atoms with Crippen molar-refractivity contribution in [3.63, 3.8) is 0 Å². The van der Waals surface area contributed by atoms with Crippen LogP contribution >= 0.6 is 11.3 Å². The summed E-state index contributed by atoms with van der Waals surface area (Å²) in [5.74, 6) is 0. The van der Waals surface area contributed by atoms with E-state index in [4.69, 9.17) is 9.40 Å². The minimum Gasteiger partial charge on any atom is -0.456 e. The standard InChI is InChI=1S/C45H27N3OS/c1-2-11-30(12-3-1)48-39-16-8-6-14-34(39)36-26-31(21-24-40(36)48)47(32-22-25-42-37(27-32)35-15-7-9-17-41(35)49-42)45-46-38-23-20-29-19-18-28-10-4-5-13-33(28)43(29)44(38)50-45/h1-27H. The highest BCUT2D eigenvalue weighted by Crippen LogP contribution is 2.45. The van der Waals surface area contributed by atoms with Crippen molar-refractivity contribution in [1.29, 1.82) is 0 Å². The normalized spacial score (nSPS) is 12.0. The summed E-state index contributed by atoms with van der Waals surface area (Å²) in [6.07, 6.45) is 0. The third-order valence-corrected chi connectivity index (χ3v) is 11.1. The number of anilines is 3. The zero-order valence-corrected chi connectivity index (χ0v) is 27.6. The number of hydrogen-bond donors (Lipinski definition) is 0. The summed E-state index contributed by atoms with van der Waals surface area (Å²) in [6, 6.07) is 58.3. The van der Waals surface area contributed by atoms with Gasteiger partial charge in [0.15, 0.2) is 5.13 Å². The van der Waals surface area contributed by atoms with Crippen molar-refractivity contribution in [3.05, 3.63) is 164 Å². The maximum absolute atomic E-state index is 6.25. The predicted octanol–water partition coefficient (Wildman–Crippen LogP) is 13.1. The molecule has 11 aromatic rings. The molecule has 0 spiro atoms. The van der Waals surface area contributed by atoms with Gasteiger partial charge in [-0.2, -0.15) is 0 Å². The van der Waals surface area contributed by atoms with Crippen LogP contribution in [-0.2, 0) is 0 Å². The molecule has 8 aromatic carbocycles. The molecule has 0 atom stereocenters. The number of para-hydroxylation sites is 3. The van der Waals surface area contributed by atoms with Gasteiger partial charge in [0.05, 0.1) is 21.3 Å². The molecular weight excluding hydrogens is 631 g/mol. The molecule has 0 aliphatic carbocycles. The Morgan fingerprint density at radius 3 is 2.06 bits per heavy atom. The van der Waals surface area contributed by atoms with Crippen molar-refractivity contribution in [3.8, 4) is 5.69 Å². The van der Waals surface area contributed by atoms with E-state index in [1.807, 2.05) is 12.1 Å². The molecule has 3 aromatic heterocycles. The Labute approximate surface area is 290 Å². The SMILES string of the molecule is c1ccc(-n2c3ccccc3c3cc(N(c4ccc5oc6ccccc6c5c4)c4nc5ccc6ccc7ccccc7c6c5s4)ccc32)cc1. The van der Waals surface area contributed by atoms with Crippen LogP contribution in [-0.4, -0.2) is 9.55 Å². The third-order valence-electron chi connectivity index (χ3n) is 9.99. The molecule has 50 heavy (non-hydrogen) atoms. The first-order valence-electron chi connectivity index (χ1n) is 16.8. The van der Waals surface area contributed by atoms with Gasteiger partial charge in [-0.05, 0) is 82.9 Å². The van der Waals surface area contributed by atoms with E-state index >= 15 is 0 Å². The maximum Gasteiger partial charge on any atom is 0.195 e. The van der Waals surface area contributed by atoms with E-state index in [1.165, 1.54) is 48.1 Å². The fourth-order valence-electron chi connectivity index (χ4n) is 7.74. The summed E-state index contributed by atoms with van der Waals surface area (Å²) in [5.41, 5.74) is 8.33. The number of fused-ring (bicyclic) bond motifs is 11. The van der Waals surface area contributed by atoms with Gasteiger partial charge >= 0.3 is 0 Å². The zero-order chi connectivity index (χ0) is 32.8. The molecular formula is C45H27N3OS. The van der Waals surface area contributed by atoms with E-state index in [0.717, 1.165) is 49.6 Å². The zero-order valence-electron chi connectivity index (χ0n) is 26.7. The number of nitrogens with zero attached hydrogens (tertiary/aromatic N) is 3. The fourth-order valence-corrected chi connectivity index (χ4v) is 8.91. The summed E-state index contributed by atoms with van der Waals surface area (Å²) in [5, 5.41) is 10.5. The van der Waals surface area contributed by atoms with E-state index in [-0.39, 0.29) is 0 Å². The highest BCUT2D eigenvalue weighted by atomic mass is 32.1. The van der Waals surface area contributed by atoms with Crippen LogP contribution in [0.1, 0.15) is 0 Å². The van der Waals surface area contributed by atoms with Gasteiger partial charge in [0, 0.05) is 44.0 Å². The minimum atomic E-state index is 0.873. The van der Waals surface area contributed by atoms with Crippen molar-refractivity contribution in [1.82, 2.24) is 9.55 Å². The molecule has 0 radical (unpaired) electrons. The molecule has 3 heterocycles. The van der Waals surface area contributed by atoms with Crippen LogP contribution in [0.25, 0.3) is 81.2 Å². The number of hydrogen-bond acceptors (Lipinski definition) is 4. The lowest BCUT2D eigenvalue weighted by Crippen LogP contribution is -2.09. The largest absolute Gasteiger partial charge is 0.456 e. The van der Waals surface area contributed by atoms with Gasteiger partial charge < -0.3 is 8.98 Å². The molecule has 0 saturated carbocycles. The molecule has 0 N–H and O–H groups in total. The molecule has 0 bridgehead atoms. The molecule has 0 amide bonds. The predicted molar refractivity (Wildman–Crippen MR) is 211 cm³/mol. The average molecular weight is 658 g/mol. The highest BCUT2D eigenvalue weighted by Gasteiger charge is 2.22. The number of benzene rings is 8. The third kappa shape index (κ3) is 4.01. The van der Waals surface area contributed by atoms with Crippen molar-refractivity contribution < 1.29 is 4.42 Å². The lowest BCUT2D eigenvalue weighted by atomic mass is 10.0. The van der Waals surface area contributed by atoms with Crippen LogP contribution in [0.15, 0.2) is 168 Å². The molecule has 0 saturated heterocycles. The second kappa shape index (κ2) is 10.5. The van der Waals surface area contributed by atoms with Crippen LogP contribution < -0.4 is 4.90 Å². The summed E-state index contributed by atoms with van der Waals surface area (Å²) < 4.78 is 9.80. The number of rotatable bonds is 4.